The van der Waals surface area contributed by atoms with Crippen molar-refractivity contribution in [3.05, 3.63) is 66.2 Å². The average molecular weight is 562 g/mol. The highest BCUT2D eigenvalue weighted by Gasteiger charge is 2.72. The van der Waals surface area contributed by atoms with Gasteiger partial charge in [-0.05, 0) is 55.0 Å². The molecule has 5 atom stereocenters. The van der Waals surface area contributed by atoms with Crippen LogP contribution in [-0.4, -0.2) is 59.8 Å². The number of fused-ring (bicyclic) bond motifs is 1. The second-order valence-corrected chi connectivity index (χ2v) is 12.0. The van der Waals surface area contributed by atoms with Gasteiger partial charge in [0.15, 0.2) is 0 Å². The lowest BCUT2D eigenvalue weighted by Crippen LogP contribution is -2.56. The van der Waals surface area contributed by atoms with Crippen LogP contribution in [0.4, 0.5) is 5.69 Å². The monoisotopic (exact) mass is 561 g/mol. The van der Waals surface area contributed by atoms with Crippen molar-refractivity contribution in [2.45, 2.75) is 67.3 Å². The van der Waals surface area contributed by atoms with E-state index in [0.717, 1.165) is 36.1 Å². The van der Waals surface area contributed by atoms with Crippen LogP contribution in [0.1, 0.15) is 37.7 Å². The fourth-order valence-corrected chi connectivity index (χ4v) is 7.32. The first kappa shape index (κ1) is 26.9. The third-order valence-corrected chi connectivity index (χ3v) is 9.43. The van der Waals surface area contributed by atoms with E-state index in [4.69, 9.17) is 9.47 Å². The van der Waals surface area contributed by atoms with Gasteiger partial charge in [-0.2, -0.15) is 0 Å². The fourth-order valence-electron chi connectivity index (χ4n) is 6.86. The molecule has 0 aromatic heterocycles. The lowest BCUT2D eigenvalue weighted by molar-refractivity contribution is -0.142. The molecular weight excluding hydrogens is 526 g/mol. The van der Waals surface area contributed by atoms with Gasteiger partial charge in [0.2, 0.25) is 17.7 Å². The number of carbonyl (C=O) groups is 3. The summed E-state index contributed by atoms with van der Waals surface area (Å²) >= 11 is 1.59. The Hall–Kier alpha value is -3.30. The number of hydrogen-bond acceptors (Lipinski definition) is 6. The molecule has 210 valence electrons. The SMILES string of the molecule is COc1cccc(CN2C(=O)C3C(C(=O)Nc4cccc(SC)c4)C4C=CC3(O4)C2C(=O)NC2CCCCC2)c1. The van der Waals surface area contributed by atoms with E-state index in [9.17, 15) is 14.4 Å². The summed E-state index contributed by atoms with van der Waals surface area (Å²) in [7, 11) is 1.60. The molecular formula is C31H35N3O5S. The summed E-state index contributed by atoms with van der Waals surface area (Å²) in [6.45, 7) is 0.211. The number of ether oxygens (including phenoxy) is 2. The maximum absolute atomic E-state index is 14.2. The van der Waals surface area contributed by atoms with Crippen LogP contribution in [-0.2, 0) is 25.7 Å². The number of methoxy groups -OCH3 is 1. The van der Waals surface area contributed by atoms with Crippen LogP contribution >= 0.6 is 11.8 Å². The van der Waals surface area contributed by atoms with Crippen molar-refractivity contribution in [2.75, 3.05) is 18.7 Å². The maximum atomic E-state index is 14.2. The number of carbonyl (C=O) groups excluding carboxylic acids is 3. The summed E-state index contributed by atoms with van der Waals surface area (Å²) in [6.07, 6.45) is 10.3. The smallest absolute Gasteiger partial charge is 0.246 e. The van der Waals surface area contributed by atoms with Gasteiger partial charge in [0.25, 0.3) is 0 Å². The Kier molecular flexibility index (Phi) is 7.35. The van der Waals surface area contributed by atoms with Crippen molar-refractivity contribution in [3.8, 4) is 5.75 Å². The topological polar surface area (TPSA) is 97.0 Å². The number of nitrogens with one attached hydrogen (secondary N) is 2. The highest BCUT2D eigenvalue weighted by atomic mass is 32.2. The van der Waals surface area contributed by atoms with Gasteiger partial charge < -0.3 is 25.0 Å². The molecule has 2 saturated heterocycles. The van der Waals surface area contributed by atoms with Crippen LogP contribution in [0.25, 0.3) is 0 Å². The van der Waals surface area contributed by atoms with Crippen molar-refractivity contribution in [1.82, 2.24) is 10.2 Å². The van der Waals surface area contributed by atoms with E-state index in [-0.39, 0.29) is 30.3 Å². The molecule has 3 fully saturated rings. The van der Waals surface area contributed by atoms with Crippen LogP contribution in [0, 0.1) is 11.8 Å². The molecule has 3 heterocycles. The van der Waals surface area contributed by atoms with E-state index in [1.165, 1.54) is 6.42 Å². The minimum absolute atomic E-state index is 0.0795. The molecule has 0 radical (unpaired) electrons. The first-order valence-corrected chi connectivity index (χ1v) is 15.2. The van der Waals surface area contributed by atoms with Crippen LogP contribution < -0.4 is 15.4 Å². The van der Waals surface area contributed by atoms with E-state index in [1.54, 1.807) is 23.8 Å². The summed E-state index contributed by atoms with van der Waals surface area (Å²) in [4.78, 5) is 44.6. The summed E-state index contributed by atoms with van der Waals surface area (Å²) < 4.78 is 11.9. The summed E-state index contributed by atoms with van der Waals surface area (Å²) in [6, 6.07) is 14.3. The number of rotatable bonds is 8. The molecule has 4 aliphatic rings. The largest absolute Gasteiger partial charge is 0.497 e. The van der Waals surface area contributed by atoms with Crippen LogP contribution in [0.3, 0.4) is 0 Å². The average Bonchev–Trinajstić information content (AvgIpc) is 3.61. The van der Waals surface area contributed by atoms with Crippen LogP contribution in [0.2, 0.25) is 0 Å². The van der Waals surface area contributed by atoms with Crippen LogP contribution in [0.5, 0.6) is 5.75 Å². The second-order valence-electron chi connectivity index (χ2n) is 11.1. The van der Waals surface area contributed by atoms with Crippen molar-refractivity contribution in [3.63, 3.8) is 0 Å². The predicted molar refractivity (Wildman–Crippen MR) is 153 cm³/mol. The molecule has 5 unspecified atom stereocenters. The van der Waals surface area contributed by atoms with E-state index < -0.39 is 29.6 Å². The molecule has 2 bridgehead atoms. The highest BCUT2D eigenvalue weighted by molar-refractivity contribution is 7.98. The number of benzene rings is 2. The zero-order chi connectivity index (χ0) is 27.9. The molecule has 6 rings (SSSR count). The highest BCUT2D eigenvalue weighted by Crippen LogP contribution is 2.55. The molecule has 2 N–H and O–H groups in total. The predicted octanol–water partition coefficient (Wildman–Crippen LogP) is 4.16. The molecule has 3 aliphatic heterocycles. The van der Waals surface area contributed by atoms with Gasteiger partial charge in [0.05, 0.1) is 25.0 Å². The Morgan fingerprint density at radius 1 is 1.10 bits per heavy atom. The normalized spacial score (nSPS) is 28.9. The molecule has 9 heteroatoms. The van der Waals surface area contributed by atoms with Crippen molar-refractivity contribution < 1.29 is 23.9 Å². The van der Waals surface area contributed by atoms with Gasteiger partial charge in [0.1, 0.15) is 17.4 Å². The van der Waals surface area contributed by atoms with Gasteiger partial charge in [-0.1, -0.05) is 49.6 Å². The Bertz CT molecular complexity index is 1340. The number of likely N-dealkylation sites (tertiary alicyclic amines) is 1. The number of nitrogens with zero attached hydrogens (tertiary/aromatic N) is 1. The summed E-state index contributed by atoms with van der Waals surface area (Å²) in [5.41, 5.74) is 0.318. The lowest BCUT2D eigenvalue weighted by atomic mass is 9.74. The number of anilines is 1. The zero-order valence-corrected chi connectivity index (χ0v) is 23.6. The van der Waals surface area contributed by atoms with Crippen molar-refractivity contribution >= 4 is 35.2 Å². The third kappa shape index (κ3) is 4.69. The van der Waals surface area contributed by atoms with Gasteiger partial charge in [-0.15, -0.1) is 11.8 Å². The van der Waals surface area contributed by atoms with E-state index in [1.807, 2.05) is 66.9 Å². The van der Waals surface area contributed by atoms with Gasteiger partial charge in [-0.3, -0.25) is 14.4 Å². The molecule has 3 amide bonds. The van der Waals surface area contributed by atoms with Gasteiger partial charge in [-0.25, -0.2) is 0 Å². The summed E-state index contributed by atoms with van der Waals surface area (Å²) in [5.74, 6) is -1.59. The Labute approximate surface area is 238 Å². The first-order valence-electron chi connectivity index (χ1n) is 14.0. The van der Waals surface area contributed by atoms with E-state index >= 15 is 0 Å². The second kappa shape index (κ2) is 10.9. The quantitative estimate of drug-likeness (QED) is 0.371. The Balaban J connectivity index is 1.32. The standard InChI is InChI=1S/C31H35N3O5S/c1-38-22-12-6-8-19(16-22)18-34-27(29(36)32-20-9-4-3-5-10-20)31-15-14-24(39-31)25(26(31)30(34)37)28(35)33-21-11-7-13-23(17-21)40-2/h6-8,11-17,20,24-27H,3-5,9-10,18H2,1-2H3,(H,32,36)(H,33,35). The van der Waals surface area contributed by atoms with Gasteiger partial charge >= 0.3 is 0 Å². The number of amides is 3. The van der Waals surface area contributed by atoms with Crippen LogP contribution in [0.15, 0.2) is 65.6 Å². The first-order chi connectivity index (χ1) is 19.4. The number of hydrogen-bond donors (Lipinski definition) is 2. The number of thioether (sulfide) groups is 1. The minimum atomic E-state index is -1.19. The molecule has 1 saturated carbocycles. The van der Waals surface area contributed by atoms with Gasteiger partial charge in [0, 0.05) is 23.2 Å². The Morgan fingerprint density at radius 2 is 1.90 bits per heavy atom. The van der Waals surface area contributed by atoms with E-state index in [2.05, 4.69) is 10.6 Å². The molecule has 1 aliphatic carbocycles. The van der Waals surface area contributed by atoms with Crippen molar-refractivity contribution in [1.29, 1.82) is 0 Å². The summed E-state index contributed by atoms with van der Waals surface area (Å²) in [5, 5.41) is 6.24. The third-order valence-electron chi connectivity index (χ3n) is 8.70. The van der Waals surface area contributed by atoms with E-state index in [0.29, 0.717) is 11.4 Å². The minimum Gasteiger partial charge on any atom is -0.497 e. The molecule has 8 nitrogen and oxygen atoms in total. The zero-order valence-electron chi connectivity index (χ0n) is 22.8. The molecule has 2 aromatic rings. The maximum Gasteiger partial charge on any atom is 0.246 e. The Morgan fingerprint density at radius 3 is 2.67 bits per heavy atom. The molecule has 1 spiro atoms. The fraction of sp³-hybridized carbons (Fsp3) is 0.452. The molecule has 2 aromatic carbocycles. The molecule has 40 heavy (non-hydrogen) atoms. The lowest BCUT2D eigenvalue weighted by Gasteiger charge is -2.34. The van der Waals surface area contributed by atoms with Crippen molar-refractivity contribution in [2.24, 2.45) is 11.8 Å².